The molecule has 5 rings (SSSR count). The van der Waals surface area contributed by atoms with Gasteiger partial charge in [0.2, 0.25) is 0 Å². The number of rotatable bonds is 12. The molecule has 0 saturated heterocycles. The number of alkyl halides is 1. The van der Waals surface area contributed by atoms with Crippen molar-refractivity contribution in [3.05, 3.63) is 66.4 Å². The van der Waals surface area contributed by atoms with E-state index >= 15 is 0 Å². The van der Waals surface area contributed by atoms with Gasteiger partial charge in [-0.2, -0.15) is 0 Å². The number of nitrogens with zero attached hydrogens (tertiary/aromatic N) is 2. The van der Waals surface area contributed by atoms with Crippen LogP contribution in [0, 0.1) is 0 Å². The highest BCUT2D eigenvalue weighted by Crippen LogP contribution is 2.43. The van der Waals surface area contributed by atoms with Crippen molar-refractivity contribution in [2.45, 2.75) is 54.7 Å². The Morgan fingerprint density at radius 3 is 2.65 bits per heavy atom. The van der Waals surface area contributed by atoms with Gasteiger partial charge in [-0.25, -0.2) is 4.79 Å². The molecule has 0 N–H and O–H groups in total. The third-order valence-electron chi connectivity index (χ3n) is 7.21. The maximum Gasteiger partial charge on any atom is 0.414 e. The summed E-state index contributed by atoms with van der Waals surface area (Å²) < 4.78 is 17.1. The van der Waals surface area contributed by atoms with E-state index in [-0.39, 0.29) is 18.6 Å². The molecule has 7 nitrogen and oxygen atoms in total. The first-order valence-electron chi connectivity index (χ1n) is 13.8. The molecule has 2 aliphatic heterocycles. The topological polar surface area (TPSA) is 68.3 Å². The standard InChI is InChI=1S/C31H35BrN2O5S/c1-3-14-39-31(36)34-20-23-16-22(21-7-9-24(10-8-21)40-25-11-12-25)19-33(23)30(35)26-17-28(37-2)29(18-27(26)34)38-15-6-4-5-13-32/h3,7-10,17-19,23,25H,1,4-6,11-16,20H2,2H3/t23-/m0/s1. The number of hydrogen-bond donors (Lipinski definition) is 0. The zero-order chi connectivity index (χ0) is 28.1. The molecule has 9 heteroatoms. The van der Waals surface area contributed by atoms with Gasteiger partial charge in [0.05, 0.1) is 37.6 Å². The summed E-state index contributed by atoms with van der Waals surface area (Å²) in [7, 11) is 1.55. The van der Waals surface area contributed by atoms with Crippen LogP contribution in [0.15, 0.2) is 60.1 Å². The monoisotopic (exact) mass is 626 g/mol. The third kappa shape index (κ3) is 6.52. The van der Waals surface area contributed by atoms with E-state index in [1.165, 1.54) is 23.8 Å². The van der Waals surface area contributed by atoms with E-state index < -0.39 is 6.09 Å². The largest absolute Gasteiger partial charge is 0.493 e. The number of carbonyl (C=O) groups is 2. The smallest absolute Gasteiger partial charge is 0.414 e. The molecule has 2 heterocycles. The molecule has 0 aromatic heterocycles. The molecule has 1 aliphatic carbocycles. The van der Waals surface area contributed by atoms with Gasteiger partial charge in [0.1, 0.15) is 6.61 Å². The average Bonchev–Trinajstić information content (AvgIpc) is 3.71. The minimum absolute atomic E-state index is 0.0782. The van der Waals surface area contributed by atoms with Gasteiger partial charge in [-0.05, 0) is 67.9 Å². The summed E-state index contributed by atoms with van der Waals surface area (Å²) in [5.74, 6) is 0.770. The normalized spacial score (nSPS) is 18.0. The molecule has 2 amide bonds. The fraction of sp³-hybridized carbons (Fsp3) is 0.419. The molecule has 40 heavy (non-hydrogen) atoms. The van der Waals surface area contributed by atoms with Crippen molar-refractivity contribution in [3.63, 3.8) is 0 Å². The van der Waals surface area contributed by atoms with Crippen LogP contribution in [-0.2, 0) is 4.74 Å². The van der Waals surface area contributed by atoms with Crippen molar-refractivity contribution in [1.29, 1.82) is 0 Å². The molecule has 1 saturated carbocycles. The lowest BCUT2D eigenvalue weighted by molar-refractivity contribution is 0.0794. The van der Waals surface area contributed by atoms with Gasteiger partial charge >= 0.3 is 6.09 Å². The average molecular weight is 628 g/mol. The number of fused-ring (bicyclic) bond motifs is 2. The van der Waals surface area contributed by atoms with Crippen LogP contribution < -0.4 is 14.4 Å². The van der Waals surface area contributed by atoms with Gasteiger partial charge in [0.25, 0.3) is 5.91 Å². The first-order chi connectivity index (χ1) is 19.5. The van der Waals surface area contributed by atoms with E-state index in [0.717, 1.165) is 41.0 Å². The number of methoxy groups -OCH3 is 1. The third-order valence-corrected chi connectivity index (χ3v) is 9.12. The number of carbonyl (C=O) groups excluding carboxylic acids is 2. The van der Waals surface area contributed by atoms with Crippen LogP contribution in [0.4, 0.5) is 10.5 Å². The van der Waals surface area contributed by atoms with E-state index in [1.54, 1.807) is 29.0 Å². The van der Waals surface area contributed by atoms with Crippen molar-refractivity contribution in [3.8, 4) is 11.5 Å². The van der Waals surface area contributed by atoms with Crippen molar-refractivity contribution in [2.75, 3.05) is 37.1 Å². The van der Waals surface area contributed by atoms with Gasteiger partial charge in [0, 0.05) is 27.7 Å². The Morgan fingerprint density at radius 2 is 1.95 bits per heavy atom. The van der Waals surface area contributed by atoms with E-state index in [1.807, 2.05) is 18.0 Å². The van der Waals surface area contributed by atoms with E-state index in [9.17, 15) is 9.59 Å². The van der Waals surface area contributed by atoms with E-state index in [2.05, 4.69) is 46.8 Å². The fourth-order valence-electron chi connectivity index (χ4n) is 4.97. The highest BCUT2D eigenvalue weighted by molar-refractivity contribution is 9.09. The summed E-state index contributed by atoms with van der Waals surface area (Å²) in [5, 5.41) is 1.71. The first-order valence-corrected chi connectivity index (χ1v) is 15.8. The maximum absolute atomic E-state index is 14.0. The molecule has 0 bridgehead atoms. The lowest BCUT2D eigenvalue weighted by Gasteiger charge is -2.26. The highest BCUT2D eigenvalue weighted by atomic mass is 79.9. The molecule has 2 aromatic carbocycles. The Bertz CT molecular complexity index is 1280. The quantitative estimate of drug-likeness (QED) is 0.140. The van der Waals surface area contributed by atoms with Gasteiger partial charge in [0.15, 0.2) is 11.5 Å². The Balaban J connectivity index is 1.44. The lowest BCUT2D eigenvalue weighted by Crippen LogP contribution is -2.41. The second-order valence-electron chi connectivity index (χ2n) is 10.2. The number of unbranched alkanes of at least 4 members (excludes halogenated alkanes) is 2. The molecule has 0 spiro atoms. The maximum atomic E-state index is 14.0. The van der Waals surface area contributed by atoms with Crippen LogP contribution in [0.2, 0.25) is 0 Å². The van der Waals surface area contributed by atoms with Crippen LogP contribution in [0.1, 0.15) is 54.4 Å². The SMILES string of the molecule is C=CCOC(=O)N1C[C@@H]2CC(c3ccc(SC4CC4)cc3)=CN2C(=O)c2cc(OC)c(OCCCCCBr)cc21. The van der Waals surface area contributed by atoms with Gasteiger partial charge < -0.3 is 19.1 Å². The Morgan fingerprint density at radius 1 is 1.15 bits per heavy atom. The van der Waals surface area contributed by atoms with Crippen LogP contribution in [0.3, 0.4) is 0 Å². The Hall–Kier alpha value is -2.91. The summed E-state index contributed by atoms with van der Waals surface area (Å²) in [5.41, 5.74) is 2.99. The number of halogens is 1. The number of amides is 2. The second-order valence-corrected chi connectivity index (χ2v) is 12.3. The molecule has 2 aromatic rings. The molecule has 212 valence electrons. The first kappa shape index (κ1) is 28.6. The minimum Gasteiger partial charge on any atom is -0.493 e. The molecular weight excluding hydrogens is 592 g/mol. The number of thioether (sulfide) groups is 1. The predicted octanol–water partition coefficient (Wildman–Crippen LogP) is 7.29. The van der Waals surface area contributed by atoms with Crippen LogP contribution in [0.25, 0.3) is 5.57 Å². The Kier molecular flexibility index (Phi) is 9.42. The lowest BCUT2D eigenvalue weighted by atomic mass is 10.0. The van der Waals surface area contributed by atoms with Crippen molar-refractivity contribution >= 4 is 51.0 Å². The summed E-state index contributed by atoms with van der Waals surface area (Å²) in [6.45, 7) is 4.54. The summed E-state index contributed by atoms with van der Waals surface area (Å²) in [6.07, 6.45) is 9.14. The number of benzene rings is 2. The predicted molar refractivity (Wildman–Crippen MR) is 163 cm³/mol. The van der Waals surface area contributed by atoms with Crippen molar-refractivity contribution in [2.24, 2.45) is 0 Å². The second kappa shape index (κ2) is 13.2. The van der Waals surface area contributed by atoms with Crippen LogP contribution >= 0.6 is 27.7 Å². The fourth-order valence-corrected chi connectivity index (χ4v) is 6.42. The zero-order valence-corrected chi connectivity index (χ0v) is 25.2. The van der Waals surface area contributed by atoms with Crippen molar-refractivity contribution < 1.29 is 23.8 Å². The summed E-state index contributed by atoms with van der Waals surface area (Å²) in [4.78, 5) is 31.8. The number of ether oxygens (including phenoxy) is 3. The highest BCUT2D eigenvalue weighted by Gasteiger charge is 2.40. The van der Waals surface area contributed by atoms with Crippen LogP contribution in [0.5, 0.6) is 11.5 Å². The van der Waals surface area contributed by atoms with Crippen molar-refractivity contribution in [1.82, 2.24) is 4.90 Å². The minimum atomic E-state index is -0.529. The number of anilines is 1. The van der Waals surface area contributed by atoms with E-state index in [0.29, 0.717) is 42.3 Å². The molecule has 1 atom stereocenters. The van der Waals surface area contributed by atoms with Gasteiger partial charge in [-0.3, -0.25) is 9.69 Å². The van der Waals surface area contributed by atoms with Crippen LogP contribution in [-0.4, -0.2) is 60.4 Å². The van der Waals surface area contributed by atoms with Gasteiger partial charge in [-0.15, -0.1) is 11.8 Å². The molecular formula is C31H35BrN2O5S. The van der Waals surface area contributed by atoms with Gasteiger partial charge in [-0.1, -0.05) is 40.7 Å². The summed E-state index contributed by atoms with van der Waals surface area (Å²) in [6, 6.07) is 11.7. The Labute approximate surface area is 248 Å². The molecule has 0 radical (unpaired) electrons. The summed E-state index contributed by atoms with van der Waals surface area (Å²) >= 11 is 5.38. The molecule has 0 unspecified atom stereocenters. The number of hydrogen-bond acceptors (Lipinski definition) is 6. The zero-order valence-electron chi connectivity index (χ0n) is 22.8. The molecule has 1 fully saturated rings. The molecule has 3 aliphatic rings. The van der Waals surface area contributed by atoms with E-state index in [4.69, 9.17) is 14.2 Å².